The van der Waals surface area contributed by atoms with Crippen molar-refractivity contribution in [3.05, 3.63) is 54.1 Å². The summed E-state index contributed by atoms with van der Waals surface area (Å²) in [6, 6.07) is 11.2. The second-order valence-electron chi connectivity index (χ2n) is 4.48. The van der Waals surface area contributed by atoms with Gasteiger partial charge in [-0.05, 0) is 35.1 Å². The molecule has 1 radical (unpaired) electrons. The summed E-state index contributed by atoms with van der Waals surface area (Å²) in [6.45, 7) is 4.52. The Kier molecular flexibility index (Phi) is 2.28. The molecule has 0 atom stereocenters. The Morgan fingerprint density at radius 3 is 2.79 bits per heavy atom. The first-order valence-electron chi connectivity index (χ1n) is 5.03. The maximum atomic E-state index is 3.10. The molecule has 1 aromatic carbocycles. The Morgan fingerprint density at radius 1 is 1.36 bits per heavy atom. The van der Waals surface area contributed by atoms with Gasteiger partial charge in [0.15, 0.2) is 0 Å². The molecule has 0 fully saturated rings. The van der Waals surface area contributed by atoms with Crippen molar-refractivity contribution in [2.75, 3.05) is 0 Å². The van der Waals surface area contributed by atoms with Crippen LogP contribution in [-0.2, 0) is 0 Å². The molecule has 0 unspecified atom stereocenters. The maximum absolute atomic E-state index is 3.10. The quantitative estimate of drug-likeness (QED) is 0.620. The van der Waals surface area contributed by atoms with E-state index < -0.39 is 0 Å². The van der Waals surface area contributed by atoms with Crippen LogP contribution in [0.25, 0.3) is 5.57 Å². The van der Waals surface area contributed by atoms with Gasteiger partial charge in [-0.25, -0.2) is 0 Å². The summed E-state index contributed by atoms with van der Waals surface area (Å²) in [5.41, 5.74) is 2.91. The predicted octanol–water partition coefficient (Wildman–Crippen LogP) is 3.86. The van der Waals surface area contributed by atoms with Gasteiger partial charge in [0.1, 0.15) is 0 Å². The maximum Gasteiger partial charge on any atom is -0.0137 e. The molecule has 1 aliphatic carbocycles. The van der Waals surface area contributed by atoms with E-state index in [1.807, 2.05) is 18.2 Å². The second kappa shape index (κ2) is 3.45. The van der Waals surface area contributed by atoms with Crippen molar-refractivity contribution in [1.29, 1.82) is 0 Å². The number of hydrogen-bond acceptors (Lipinski definition) is 0. The Bertz CT molecular complexity index is 366. The first kappa shape index (κ1) is 9.26. The monoisotopic (exact) mass is 183 g/mol. The van der Waals surface area contributed by atoms with Crippen LogP contribution in [0.5, 0.6) is 0 Å². The SMILES string of the molecule is CC1(C)C=CC(c2c[c]ccc2)=CC1. The van der Waals surface area contributed by atoms with Crippen LogP contribution in [0, 0.1) is 11.5 Å². The van der Waals surface area contributed by atoms with Crippen LogP contribution in [0.15, 0.2) is 42.5 Å². The minimum atomic E-state index is 0.321. The molecule has 0 saturated carbocycles. The average molecular weight is 183 g/mol. The summed E-state index contributed by atoms with van der Waals surface area (Å²) in [5.74, 6) is 0. The highest BCUT2D eigenvalue weighted by Crippen LogP contribution is 2.31. The minimum absolute atomic E-state index is 0.321. The van der Waals surface area contributed by atoms with E-state index in [0.29, 0.717) is 5.41 Å². The Balaban J connectivity index is 2.25. The summed E-state index contributed by atoms with van der Waals surface area (Å²) in [7, 11) is 0. The molecular weight excluding hydrogens is 168 g/mol. The first-order valence-corrected chi connectivity index (χ1v) is 5.03. The van der Waals surface area contributed by atoms with E-state index in [-0.39, 0.29) is 0 Å². The Hall–Kier alpha value is -1.30. The van der Waals surface area contributed by atoms with E-state index in [2.05, 4.69) is 44.2 Å². The van der Waals surface area contributed by atoms with Crippen LogP contribution in [0.2, 0.25) is 0 Å². The van der Waals surface area contributed by atoms with Gasteiger partial charge < -0.3 is 0 Å². The minimum Gasteiger partial charge on any atom is -0.0779 e. The van der Waals surface area contributed by atoms with Crippen LogP contribution in [-0.4, -0.2) is 0 Å². The second-order valence-corrected chi connectivity index (χ2v) is 4.48. The largest absolute Gasteiger partial charge is 0.0779 e. The fraction of sp³-hybridized carbons (Fsp3) is 0.286. The molecule has 0 bridgehead atoms. The molecule has 71 valence electrons. The molecule has 0 saturated heterocycles. The molecule has 0 aromatic heterocycles. The van der Waals surface area contributed by atoms with E-state index in [9.17, 15) is 0 Å². The third-order valence-corrected chi connectivity index (χ3v) is 2.60. The summed E-state index contributed by atoms with van der Waals surface area (Å²) in [5, 5.41) is 0. The van der Waals surface area contributed by atoms with Gasteiger partial charge >= 0.3 is 0 Å². The van der Waals surface area contributed by atoms with Crippen LogP contribution in [0.1, 0.15) is 25.8 Å². The zero-order valence-corrected chi connectivity index (χ0v) is 8.75. The predicted molar refractivity (Wildman–Crippen MR) is 60.8 cm³/mol. The molecule has 0 aliphatic heterocycles. The topological polar surface area (TPSA) is 0 Å². The Labute approximate surface area is 86.0 Å². The fourth-order valence-electron chi connectivity index (χ4n) is 1.61. The molecule has 2 rings (SSSR count). The van der Waals surface area contributed by atoms with Crippen molar-refractivity contribution >= 4 is 5.57 Å². The van der Waals surface area contributed by atoms with Crippen molar-refractivity contribution in [2.24, 2.45) is 5.41 Å². The summed E-state index contributed by atoms with van der Waals surface area (Å²) in [4.78, 5) is 0. The van der Waals surface area contributed by atoms with Gasteiger partial charge in [0, 0.05) is 0 Å². The van der Waals surface area contributed by atoms with Crippen molar-refractivity contribution in [3.8, 4) is 0 Å². The van der Waals surface area contributed by atoms with Gasteiger partial charge in [-0.2, -0.15) is 0 Å². The molecular formula is C14H15. The van der Waals surface area contributed by atoms with Gasteiger partial charge in [-0.15, -0.1) is 0 Å². The van der Waals surface area contributed by atoms with E-state index in [1.54, 1.807) is 0 Å². The highest BCUT2D eigenvalue weighted by molar-refractivity contribution is 5.74. The lowest BCUT2D eigenvalue weighted by molar-refractivity contribution is 0.485. The number of hydrogen-bond donors (Lipinski definition) is 0. The third kappa shape index (κ3) is 1.95. The molecule has 0 heterocycles. The zero-order valence-electron chi connectivity index (χ0n) is 8.75. The van der Waals surface area contributed by atoms with Gasteiger partial charge in [0.2, 0.25) is 0 Å². The van der Waals surface area contributed by atoms with Gasteiger partial charge in [0.05, 0.1) is 0 Å². The molecule has 1 aliphatic rings. The lowest BCUT2D eigenvalue weighted by Crippen LogP contribution is -2.08. The van der Waals surface area contributed by atoms with Gasteiger partial charge in [0.25, 0.3) is 0 Å². The molecule has 0 spiro atoms. The van der Waals surface area contributed by atoms with Gasteiger partial charge in [-0.1, -0.05) is 50.3 Å². The number of rotatable bonds is 1. The lowest BCUT2D eigenvalue weighted by atomic mass is 9.83. The smallest absolute Gasteiger partial charge is 0.0137 e. The Morgan fingerprint density at radius 2 is 2.21 bits per heavy atom. The molecule has 1 aromatic rings. The third-order valence-electron chi connectivity index (χ3n) is 2.60. The fourth-order valence-corrected chi connectivity index (χ4v) is 1.61. The van der Waals surface area contributed by atoms with Crippen LogP contribution < -0.4 is 0 Å². The van der Waals surface area contributed by atoms with Crippen LogP contribution in [0.3, 0.4) is 0 Å². The van der Waals surface area contributed by atoms with Crippen molar-refractivity contribution in [1.82, 2.24) is 0 Å². The summed E-state index contributed by atoms with van der Waals surface area (Å²) >= 11 is 0. The number of benzene rings is 1. The van der Waals surface area contributed by atoms with Crippen molar-refractivity contribution in [2.45, 2.75) is 20.3 Å². The lowest BCUT2D eigenvalue weighted by Gasteiger charge is -2.22. The zero-order chi connectivity index (χ0) is 10.0. The molecule has 14 heavy (non-hydrogen) atoms. The molecule has 0 nitrogen and oxygen atoms in total. The highest BCUT2D eigenvalue weighted by Gasteiger charge is 2.16. The van der Waals surface area contributed by atoms with Crippen molar-refractivity contribution < 1.29 is 0 Å². The van der Waals surface area contributed by atoms with E-state index >= 15 is 0 Å². The normalized spacial score (nSPS) is 19.1. The first-order chi connectivity index (χ1) is 6.67. The van der Waals surface area contributed by atoms with E-state index in [0.717, 1.165) is 6.42 Å². The molecule has 0 heteroatoms. The highest BCUT2D eigenvalue weighted by atomic mass is 14.2. The van der Waals surface area contributed by atoms with Crippen LogP contribution in [0.4, 0.5) is 0 Å². The standard InChI is InChI=1S/C14H15/c1-14(2)10-8-13(9-11-14)12-6-4-3-5-7-12/h3-4,6-10H,11H2,1-2H3. The van der Waals surface area contributed by atoms with Crippen molar-refractivity contribution in [3.63, 3.8) is 0 Å². The van der Waals surface area contributed by atoms with Crippen LogP contribution >= 0.6 is 0 Å². The molecule has 0 amide bonds. The average Bonchev–Trinajstić information content (AvgIpc) is 2.19. The summed E-state index contributed by atoms with van der Waals surface area (Å²) < 4.78 is 0. The number of allylic oxidation sites excluding steroid dienone is 4. The van der Waals surface area contributed by atoms with Gasteiger partial charge in [-0.3, -0.25) is 0 Å². The van der Waals surface area contributed by atoms with E-state index in [4.69, 9.17) is 0 Å². The molecule has 0 N–H and O–H groups in total. The summed E-state index contributed by atoms with van der Waals surface area (Å²) in [6.07, 6.45) is 7.93. The van der Waals surface area contributed by atoms with E-state index in [1.165, 1.54) is 11.1 Å².